The van der Waals surface area contributed by atoms with Gasteiger partial charge in [0, 0.05) is 17.4 Å². The lowest BCUT2D eigenvalue weighted by Gasteiger charge is -2.21. The number of likely N-dealkylation sites (N-methyl/N-ethyl adjacent to an activating group) is 1. The van der Waals surface area contributed by atoms with Crippen molar-refractivity contribution in [2.24, 2.45) is 5.73 Å². The number of aromatic amines is 1. The Morgan fingerprint density at radius 2 is 2.42 bits per heavy atom. The molecule has 1 atom stereocenters. The van der Waals surface area contributed by atoms with E-state index in [-0.39, 0.29) is 11.6 Å². The summed E-state index contributed by atoms with van der Waals surface area (Å²) >= 11 is 0. The maximum Gasteiger partial charge on any atom is 0.0653 e. The lowest BCUT2D eigenvalue weighted by Crippen LogP contribution is -2.38. The molecule has 12 heavy (non-hydrogen) atoms. The fourth-order valence-electron chi connectivity index (χ4n) is 1.71. The first kappa shape index (κ1) is 7.83. The number of nitrogens with one attached hydrogen (secondary N) is 2. The molecule has 1 fully saturated rings. The molecule has 2 rings (SSSR count). The highest BCUT2D eigenvalue weighted by Gasteiger charge is 2.46. The van der Waals surface area contributed by atoms with Crippen LogP contribution in [0.25, 0.3) is 0 Å². The average molecular weight is 165 g/mol. The standard InChI is InChI=1S/C9H15N3/c1-11-8(9(10)4-5-9)7-3-2-6-12-7/h2-3,6,8,11-12H,4-5,10H2,1H3. The van der Waals surface area contributed by atoms with Crippen LogP contribution in [0.5, 0.6) is 0 Å². The van der Waals surface area contributed by atoms with E-state index < -0.39 is 0 Å². The second kappa shape index (κ2) is 2.61. The van der Waals surface area contributed by atoms with Crippen LogP contribution in [0.3, 0.4) is 0 Å². The number of hydrogen-bond donors (Lipinski definition) is 3. The van der Waals surface area contributed by atoms with E-state index in [9.17, 15) is 0 Å². The van der Waals surface area contributed by atoms with E-state index in [0.717, 1.165) is 12.8 Å². The van der Waals surface area contributed by atoms with Gasteiger partial charge < -0.3 is 16.0 Å². The van der Waals surface area contributed by atoms with Gasteiger partial charge in [0.1, 0.15) is 0 Å². The molecular formula is C9H15N3. The van der Waals surface area contributed by atoms with Gasteiger partial charge in [-0.1, -0.05) is 0 Å². The first-order valence-corrected chi connectivity index (χ1v) is 4.36. The summed E-state index contributed by atoms with van der Waals surface area (Å²) in [5.41, 5.74) is 7.30. The first-order chi connectivity index (χ1) is 5.76. The third kappa shape index (κ3) is 1.15. The van der Waals surface area contributed by atoms with Gasteiger partial charge in [0.2, 0.25) is 0 Å². The molecule has 0 aliphatic heterocycles. The minimum absolute atomic E-state index is 0.000394. The van der Waals surface area contributed by atoms with Crippen LogP contribution in [0.1, 0.15) is 24.6 Å². The van der Waals surface area contributed by atoms with Crippen LogP contribution in [0.15, 0.2) is 18.3 Å². The minimum atomic E-state index is -0.000394. The molecule has 1 aromatic rings. The van der Waals surface area contributed by atoms with Gasteiger partial charge in [0.25, 0.3) is 0 Å². The van der Waals surface area contributed by atoms with Crippen molar-refractivity contribution < 1.29 is 0 Å². The molecule has 1 saturated carbocycles. The minimum Gasteiger partial charge on any atom is -0.364 e. The monoisotopic (exact) mass is 165 g/mol. The highest BCUT2D eigenvalue weighted by atomic mass is 15.0. The Morgan fingerprint density at radius 1 is 1.67 bits per heavy atom. The Kier molecular flexibility index (Phi) is 1.70. The second-order valence-corrected chi connectivity index (χ2v) is 3.58. The normalized spacial score (nSPS) is 22.2. The lowest BCUT2D eigenvalue weighted by molar-refractivity contribution is 0.453. The third-order valence-electron chi connectivity index (χ3n) is 2.62. The zero-order chi connectivity index (χ0) is 8.60. The fraction of sp³-hybridized carbons (Fsp3) is 0.556. The van der Waals surface area contributed by atoms with Gasteiger partial charge in [0.15, 0.2) is 0 Å². The molecule has 66 valence electrons. The fourth-order valence-corrected chi connectivity index (χ4v) is 1.71. The number of nitrogens with two attached hydrogens (primary N) is 1. The van der Waals surface area contributed by atoms with Crippen LogP contribution < -0.4 is 11.1 Å². The predicted octanol–water partition coefficient (Wildman–Crippen LogP) is 0.766. The van der Waals surface area contributed by atoms with Gasteiger partial charge in [-0.05, 0) is 32.0 Å². The van der Waals surface area contributed by atoms with Crippen LogP contribution >= 0.6 is 0 Å². The van der Waals surface area contributed by atoms with Gasteiger partial charge in [-0.3, -0.25) is 0 Å². The van der Waals surface area contributed by atoms with Crippen molar-refractivity contribution in [3.63, 3.8) is 0 Å². The van der Waals surface area contributed by atoms with Crippen molar-refractivity contribution in [2.75, 3.05) is 7.05 Å². The maximum absolute atomic E-state index is 6.11. The molecule has 0 radical (unpaired) electrons. The molecule has 3 heteroatoms. The summed E-state index contributed by atoms with van der Waals surface area (Å²) in [6.07, 6.45) is 4.18. The molecule has 0 aromatic carbocycles. The van der Waals surface area contributed by atoms with Crippen molar-refractivity contribution in [3.05, 3.63) is 24.0 Å². The molecule has 3 nitrogen and oxygen atoms in total. The van der Waals surface area contributed by atoms with Crippen LogP contribution in [-0.2, 0) is 0 Å². The lowest BCUT2D eigenvalue weighted by atomic mass is 10.0. The van der Waals surface area contributed by atoms with Crippen molar-refractivity contribution in [1.29, 1.82) is 0 Å². The Morgan fingerprint density at radius 3 is 2.83 bits per heavy atom. The van der Waals surface area contributed by atoms with E-state index in [1.54, 1.807) is 0 Å². The van der Waals surface area contributed by atoms with Gasteiger partial charge in [-0.15, -0.1) is 0 Å². The van der Waals surface area contributed by atoms with E-state index in [1.807, 2.05) is 19.3 Å². The maximum atomic E-state index is 6.11. The van der Waals surface area contributed by atoms with Gasteiger partial charge >= 0.3 is 0 Å². The van der Waals surface area contributed by atoms with E-state index >= 15 is 0 Å². The molecule has 1 unspecified atom stereocenters. The van der Waals surface area contributed by atoms with Crippen molar-refractivity contribution >= 4 is 0 Å². The summed E-state index contributed by atoms with van der Waals surface area (Å²) in [4.78, 5) is 3.19. The molecule has 1 heterocycles. The molecule has 0 saturated heterocycles. The molecule has 0 spiro atoms. The summed E-state index contributed by atoms with van der Waals surface area (Å²) in [5, 5.41) is 3.25. The van der Waals surface area contributed by atoms with Crippen molar-refractivity contribution in [1.82, 2.24) is 10.3 Å². The highest BCUT2D eigenvalue weighted by Crippen LogP contribution is 2.42. The van der Waals surface area contributed by atoms with Gasteiger partial charge in [-0.2, -0.15) is 0 Å². The SMILES string of the molecule is CNC(c1ccc[nH]1)C1(N)CC1. The third-order valence-corrected chi connectivity index (χ3v) is 2.62. The Labute approximate surface area is 72.3 Å². The molecule has 0 bridgehead atoms. The first-order valence-electron chi connectivity index (χ1n) is 4.36. The zero-order valence-corrected chi connectivity index (χ0v) is 7.30. The second-order valence-electron chi connectivity index (χ2n) is 3.58. The number of aromatic nitrogens is 1. The Balaban J connectivity index is 2.19. The Bertz CT molecular complexity index is 249. The van der Waals surface area contributed by atoms with Crippen molar-refractivity contribution in [2.45, 2.75) is 24.4 Å². The van der Waals surface area contributed by atoms with Gasteiger partial charge in [0.05, 0.1) is 6.04 Å². The number of rotatable bonds is 3. The van der Waals surface area contributed by atoms with Crippen LogP contribution in [0.2, 0.25) is 0 Å². The summed E-state index contributed by atoms with van der Waals surface area (Å²) < 4.78 is 0. The van der Waals surface area contributed by atoms with Crippen LogP contribution in [0.4, 0.5) is 0 Å². The van der Waals surface area contributed by atoms with Crippen LogP contribution in [-0.4, -0.2) is 17.6 Å². The number of H-pyrrole nitrogens is 1. The largest absolute Gasteiger partial charge is 0.364 e. The number of hydrogen-bond acceptors (Lipinski definition) is 2. The quantitative estimate of drug-likeness (QED) is 0.619. The molecule has 4 N–H and O–H groups in total. The van der Waals surface area contributed by atoms with Crippen molar-refractivity contribution in [3.8, 4) is 0 Å². The topological polar surface area (TPSA) is 53.8 Å². The van der Waals surface area contributed by atoms with Gasteiger partial charge in [-0.25, -0.2) is 0 Å². The summed E-state index contributed by atoms with van der Waals surface area (Å²) in [6, 6.07) is 4.37. The highest BCUT2D eigenvalue weighted by molar-refractivity contribution is 5.20. The Hall–Kier alpha value is -0.800. The van der Waals surface area contributed by atoms with E-state index in [4.69, 9.17) is 5.73 Å². The van der Waals surface area contributed by atoms with E-state index in [1.165, 1.54) is 5.69 Å². The summed E-state index contributed by atoms with van der Waals surface area (Å²) in [6.45, 7) is 0. The molecule has 1 aromatic heterocycles. The summed E-state index contributed by atoms with van der Waals surface area (Å²) in [7, 11) is 1.96. The van der Waals surface area contributed by atoms with E-state index in [2.05, 4.69) is 16.4 Å². The molecule has 1 aliphatic carbocycles. The molecular weight excluding hydrogens is 150 g/mol. The zero-order valence-electron chi connectivity index (χ0n) is 7.30. The molecule has 1 aliphatic rings. The van der Waals surface area contributed by atoms with E-state index in [0.29, 0.717) is 0 Å². The predicted molar refractivity (Wildman–Crippen MR) is 48.7 cm³/mol. The smallest absolute Gasteiger partial charge is 0.0653 e. The molecule has 0 amide bonds. The average Bonchev–Trinajstić information content (AvgIpc) is 2.63. The summed E-state index contributed by atoms with van der Waals surface area (Å²) in [5.74, 6) is 0. The van der Waals surface area contributed by atoms with Crippen LogP contribution in [0, 0.1) is 0 Å².